The first-order valence-electron chi connectivity index (χ1n) is 7.20. The molecule has 3 unspecified atom stereocenters. The Balaban J connectivity index is 1.97. The third kappa shape index (κ3) is 4.32. The summed E-state index contributed by atoms with van der Waals surface area (Å²) in [5, 5.41) is 14.7. The number of hydrogen-bond acceptors (Lipinski definition) is 3. The molecular formula is C15H23NO2S. The predicted octanol–water partition coefficient (Wildman–Crippen LogP) is 3.82. The maximum absolute atomic E-state index is 11.0. The Morgan fingerprint density at radius 3 is 3.05 bits per heavy atom. The largest absolute Gasteiger partial charge is 0.481 e. The molecule has 0 aromatic carbocycles. The minimum absolute atomic E-state index is 0.0295. The molecule has 1 aromatic rings. The topological polar surface area (TPSA) is 49.3 Å². The second-order valence-electron chi connectivity index (χ2n) is 5.47. The van der Waals surface area contributed by atoms with Gasteiger partial charge in [-0.3, -0.25) is 4.79 Å². The van der Waals surface area contributed by atoms with E-state index in [1.807, 2.05) is 17.5 Å². The molecule has 1 aliphatic carbocycles. The fourth-order valence-electron chi connectivity index (χ4n) is 3.00. The van der Waals surface area contributed by atoms with Crippen molar-refractivity contribution in [2.24, 2.45) is 5.92 Å². The van der Waals surface area contributed by atoms with Crippen molar-refractivity contribution >= 4 is 17.3 Å². The number of hydrogen-bond donors (Lipinski definition) is 2. The molecule has 106 valence electrons. The SMILES string of the molecule is CCC1CCCC(NC(CC(=O)O)c2cccs2)C1. The molecule has 2 rings (SSSR count). The van der Waals surface area contributed by atoms with Crippen LogP contribution in [0.2, 0.25) is 0 Å². The smallest absolute Gasteiger partial charge is 0.305 e. The van der Waals surface area contributed by atoms with Gasteiger partial charge in [-0.25, -0.2) is 0 Å². The summed E-state index contributed by atoms with van der Waals surface area (Å²) in [5.41, 5.74) is 0. The highest BCUT2D eigenvalue weighted by molar-refractivity contribution is 7.10. The Kier molecular flexibility index (Phi) is 5.40. The Labute approximate surface area is 119 Å². The summed E-state index contributed by atoms with van der Waals surface area (Å²) in [5.74, 6) is 0.0776. The highest BCUT2D eigenvalue weighted by atomic mass is 32.1. The van der Waals surface area contributed by atoms with E-state index < -0.39 is 5.97 Å². The van der Waals surface area contributed by atoms with Crippen molar-refractivity contribution < 1.29 is 9.90 Å². The zero-order valence-corrected chi connectivity index (χ0v) is 12.3. The van der Waals surface area contributed by atoms with E-state index in [9.17, 15) is 4.79 Å². The van der Waals surface area contributed by atoms with Gasteiger partial charge in [0.25, 0.3) is 0 Å². The summed E-state index contributed by atoms with van der Waals surface area (Å²) in [6.45, 7) is 2.25. The van der Waals surface area contributed by atoms with Crippen LogP contribution in [-0.2, 0) is 4.79 Å². The van der Waals surface area contributed by atoms with Crippen LogP contribution >= 0.6 is 11.3 Å². The highest BCUT2D eigenvalue weighted by Gasteiger charge is 2.25. The Bertz CT molecular complexity index is 391. The van der Waals surface area contributed by atoms with Crippen LogP contribution in [0.5, 0.6) is 0 Å². The minimum atomic E-state index is -0.728. The number of aliphatic carboxylic acids is 1. The van der Waals surface area contributed by atoms with E-state index >= 15 is 0 Å². The van der Waals surface area contributed by atoms with Gasteiger partial charge in [-0.2, -0.15) is 0 Å². The summed E-state index contributed by atoms with van der Waals surface area (Å²) < 4.78 is 0. The molecule has 3 atom stereocenters. The molecule has 2 N–H and O–H groups in total. The average Bonchev–Trinajstić information content (AvgIpc) is 2.91. The van der Waals surface area contributed by atoms with Crippen LogP contribution in [0.15, 0.2) is 17.5 Å². The first kappa shape index (κ1) is 14.5. The lowest BCUT2D eigenvalue weighted by atomic mass is 9.84. The number of carboxylic acids is 1. The Morgan fingerprint density at radius 1 is 1.58 bits per heavy atom. The second kappa shape index (κ2) is 7.06. The zero-order valence-electron chi connectivity index (χ0n) is 11.5. The first-order chi connectivity index (χ1) is 9.19. The third-order valence-electron chi connectivity index (χ3n) is 4.06. The molecule has 1 fully saturated rings. The predicted molar refractivity (Wildman–Crippen MR) is 78.5 cm³/mol. The molecular weight excluding hydrogens is 258 g/mol. The number of carboxylic acid groups (broad SMARTS) is 1. The van der Waals surface area contributed by atoms with Gasteiger partial charge >= 0.3 is 5.97 Å². The second-order valence-corrected chi connectivity index (χ2v) is 6.45. The van der Waals surface area contributed by atoms with E-state index in [2.05, 4.69) is 12.2 Å². The van der Waals surface area contributed by atoms with Crippen LogP contribution in [0.1, 0.15) is 56.4 Å². The quantitative estimate of drug-likeness (QED) is 0.833. The van der Waals surface area contributed by atoms with E-state index in [-0.39, 0.29) is 12.5 Å². The normalized spacial score (nSPS) is 25.1. The molecule has 1 heterocycles. The van der Waals surface area contributed by atoms with Gasteiger partial charge < -0.3 is 10.4 Å². The van der Waals surface area contributed by atoms with Crippen molar-refractivity contribution in [3.05, 3.63) is 22.4 Å². The summed E-state index contributed by atoms with van der Waals surface area (Å²) in [7, 11) is 0. The van der Waals surface area contributed by atoms with Crippen molar-refractivity contribution in [1.82, 2.24) is 5.32 Å². The molecule has 3 nitrogen and oxygen atoms in total. The lowest BCUT2D eigenvalue weighted by Crippen LogP contribution is -2.37. The number of thiophene rings is 1. The minimum Gasteiger partial charge on any atom is -0.481 e. The van der Waals surface area contributed by atoms with Crippen molar-refractivity contribution in [2.75, 3.05) is 0 Å². The molecule has 0 saturated heterocycles. The van der Waals surface area contributed by atoms with E-state index in [0.717, 1.165) is 10.8 Å². The van der Waals surface area contributed by atoms with Gasteiger partial charge in [0.05, 0.1) is 12.5 Å². The lowest BCUT2D eigenvalue weighted by Gasteiger charge is -2.32. The molecule has 0 spiro atoms. The first-order valence-corrected chi connectivity index (χ1v) is 8.08. The zero-order chi connectivity index (χ0) is 13.7. The van der Waals surface area contributed by atoms with Gasteiger partial charge in [0.15, 0.2) is 0 Å². The fraction of sp³-hybridized carbons (Fsp3) is 0.667. The van der Waals surface area contributed by atoms with Gasteiger partial charge in [-0.05, 0) is 30.2 Å². The van der Waals surface area contributed by atoms with Crippen LogP contribution in [0.3, 0.4) is 0 Å². The van der Waals surface area contributed by atoms with E-state index in [1.54, 1.807) is 11.3 Å². The van der Waals surface area contributed by atoms with Crippen LogP contribution in [0, 0.1) is 5.92 Å². The van der Waals surface area contributed by atoms with E-state index in [0.29, 0.717) is 6.04 Å². The number of carbonyl (C=O) groups is 1. The Morgan fingerprint density at radius 2 is 2.42 bits per heavy atom. The monoisotopic (exact) mass is 281 g/mol. The maximum Gasteiger partial charge on any atom is 0.305 e. The summed E-state index contributed by atoms with van der Waals surface area (Å²) in [6, 6.07) is 4.47. The molecule has 1 saturated carbocycles. The van der Waals surface area contributed by atoms with E-state index in [4.69, 9.17) is 5.11 Å². The number of nitrogens with one attached hydrogen (secondary N) is 1. The highest BCUT2D eigenvalue weighted by Crippen LogP contribution is 2.30. The molecule has 0 radical (unpaired) electrons. The molecule has 4 heteroatoms. The standard InChI is InChI=1S/C15H23NO2S/c1-2-11-5-3-6-12(9-11)16-13(10-15(17)18)14-7-4-8-19-14/h4,7-8,11-13,16H,2-3,5-6,9-10H2,1H3,(H,17,18). The fourth-order valence-corrected chi connectivity index (χ4v) is 3.79. The van der Waals surface area contributed by atoms with Crippen molar-refractivity contribution in [3.8, 4) is 0 Å². The molecule has 19 heavy (non-hydrogen) atoms. The van der Waals surface area contributed by atoms with Crippen molar-refractivity contribution in [3.63, 3.8) is 0 Å². The van der Waals surface area contributed by atoms with Gasteiger partial charge in [0.1, 0.15) is 0 Å². The maximum atomic E-state index is 11.0. The summed E-state index contributed by atoms with van der Waals surface area (Å²) in [4.78, 5) is 12.2. The molecule has 1 aliphatic rings. The lowest BCUT2D eigenvalue weighted by molar-refractivity contribution is -0.137. The van der Waals surface area contributed by atoms with Gasteiger partial charge in [0, 0.05) is 10.9 Å². The molecule has 0 amide bonds. The Hall–Kier alpha value is -0.870. The summed E-state index contributed by atoms with van der Waals surface area (Å²) >= 11 is 1.64. The molecule has 0 aliphatic heterocycles. The van der Waals surface area contributed by atoms with Crippen LogP contribution < -0.4 is 5.32 Å². The van der Waals surface area contributed by atoms with Crippen LogP contribution in [0.25, 0.3) is 0 Å². The van der Waals surface area contributed by atoms with Crippen molar-refractivity contribution in [1.29, 1.82) is 0 Å². The van der Waals surface area contributed by atoms with Crippen LogP contribution in [-0.4, -0.2) is 17.1 Å². The molecule has 1 aromatic heterocycles. The third-order valence-corrected chi connectivity index (χ3v) is 5.05. The van der Waals surface area contributed by atoms with Gasteiger partial charge in [-0.1, -0.05) is 32.3 Å². The number of rotatable bonds is 6. The summed E-state index contributed by atoms with van der Waals surface area (Å²) in [6.07, 6.45) is 6.38. The van der Waals surface area contributed by atoms with Gasteiger partial charge in [0.2, 0.25) is 0 Å². The van der Waals surface area contributed by atoms with E-state index in [1.165, 1.54) is 32.1 Å². The van der Waals surface area contributed by atoms with Crippen LogP contribution in [0.4, 0.5) is 0 Å². The molecule has 0 bridgehead atoms. The van der Waals surface area contributed by atoms with Crippen molar-refractivity contribution in [2.45, 2.75) is 57.5 Å². The average molecular weight is 281 g/mol. The van der Waals surface area contributed by atoms with Gasteiger partial charge in [-0.15, -0.1) is 11.3 Å².